The average Bonchev–Trinajstić information content (AvgIpc) is 3.03. The summed E-state index contributed by atoms with van der Waals surface area (Å²) in [6.45, 7) is 7.35. The lowest BCUT2D eigenvalue weighted by Gasteiger charge is -2.43. The van der Waals surface area contributed by atoms with Gasteiger partial charge in [-0.1, -0.05) is 36.4 Å². The number of hydrogen-bond donors (Lipinski definition) is 2. The normalized spacial score (nSPS) is 23.5. The second kappa shape index (κ2) is 8.79. The molecule has 0 radical (unpaired) electrons. The van der Waals surface area contributed by atoms with E-state index in [9.17, 15) is 24.3 Å². The highest BCUT2D eigenvalue weighted by molar-refractivity contribution is 8.01. The molecule has 0 bridgehead atoms. The number of rotatable bonds is 6. The molecule has 0 aromatic heterocycles. The van der Waals surface area contributed by atoms with Crippen molar-refractivity contribution in [3.63, 3.8) is 0 Å². The quantitative estimate of drug-likeness (QED) is 0.282. The fourth-order valence-electron chi connectivity index (χ4n) is 4.37. The van der Waals surface area contributed by atoms with E-state index in [0.29, 0.717) is 11.3 Å². The molecular weight excluding hydrogens is 456 g/mol. The van der Waals surface area contributed by atoms with Crippen LogP contribution in [0.25, 0.3) is 0 Å². The number of nitrogens with one attached hydrogen (secondary N) is 1. The fraction of sp³-hybridized carbons (Fsp3) is 0.360. The Kier molecular flexibility index (Phi) is 6.16. The van der Waals surface area contributed by atoms with Crippen LogP contribution in [0.3, 0.4) is 0 Å². The van der Waals surface area contributed by atoms with Crippen LogP contribution in [-0.4, -0.2) is 56.0 Å². The predicted octanol–water partition coefficient (Wildman–Crippen LogP) is 2.62. The molecule has 3 unspecified atom stereocenters. The van der Waals surface area contributed by atoms with Crippen LogP contribution in [0.1, 0.15) is 36.5 Å². The molecule has 9 heteroatoms. The molecule has 2 aliphatic rings. The van der Waals surface area contributed by atoms with Crippen LogP contribution in [0.4, 0.5) is 0 Å². The van der Waals surface area contributed by atoms with Crippen molar-refractivity contribution in [3.8, 4) is 5.75 Å². The Morgan fingerprint density at radius 1 is 1.09 bits per heavy atom. The number of aryl methyl sites for hydroxylation is 2. The molecule has 2 amide bonds. The number of aliphatic carboxylic acids is 1. The van der Waals surface area contributed by atoms with Gasteiger partial charge in [0.05, 0.1) is 0 Å². The first kappa shape index (κ1) is 23.8. The fourth-order valence-corrected chi connectivity index (χ4v) is 6.00. The predicted molar refractivity (Wildman–Crippen MR) is 126 cm³/mol. The summed E-state index contributed by atoms with van der Waals surface area (Å²) >= 11 is 1.32. The van der Waals surface area contributed by atoms with Gasteiger partial charge >= 0.3 is 11.9 Å². The van der Waals surface area contributed by atoms with E-state index in [1.165, 1.54) is 16.7 Å². The van der Waals surface area contributed by atoms with Gasteiger partial charge in [0.2, 0.25) is 11.8 Å². The molecule has 0 spiro atoms. The number of carbonyl (C=O) groups is 4. The molecular formula is C25H26N2O6S. The number of esters is 1. The van der Waals surface area contributed by atoms with E-state index < -0.39 is 51.9 Å². The van der Waals surface area contributed by atoms with Crippen LogP contribution >= 0.6 is 11.8 Å². The minimum atomic E-state index is -1.29. The van der Waals surface area contributed by atoms with E-state index in [2.05, 4.69) is 5.32 Å². The number of ether oxygens (including phenoxy) is 1. The lowest BCUT2D eigenvalue weighted by Crippen LogP contribution is -2.71. The molecule has 34 heavy (non-hydrogen) atoms. The van der Waals surface area contributed by atoms with Crippen molar-refractivity contribution < 1.29 is 29.0 Å². The molecule has 2 aromatic rings. The van der Waals surface area contributed by atoms with Crippen molar-refractivity contribution in [2.75, 3.05) is 0 Å². The van der Waals surface area contributed by atoms with Gasteiger partial charge in [-0.3, -0.25) is 14.4 Å². The van der Waals surface area contributed by atoms with Crippen molar-refractivity contribution in [2.45, 2.75) is 55.8 Å². The number of benzene rings is 2. The topological polar surface area (TPSA) is 113 Å². The molecule has 2 N–H and O–H groups in total. The number of carbonyl (C=O) groups excluding carboxylic acids is 3. The first-order valence-electron chi connectivity index (χ1n) is 10.9. The van der Waals surface area contributed by atoms with Gasteiger partial charge in [-0.25, -0.2) is 4.79 Å². The monoisotopic (exact) mass is 482 g/mol. The van der Waals surface area contributed by atoms with Crippen LogP contribution in [0.2, 0.25) is 0 Å². The lowest BCUT2D eigenvalue weighted by atomic mass is 9.94. The number of β-lactam (4-membered cyclic amide) rings is 1. The number of amides is 2. The summed E-state index contributed by atoms with van der Waals surface area (Å²) in [6, 6.07) is 11.8. The number of carboxylic acid groups (broad SMARTS) is 1. The number of thioether (sulfide) groups is 1. The van der Waals surface area contributed by atoms with E-state index in [1.807, 2.05) is 19.9 Å². The maximum absolute atomic E-state index is 13.3. The van der Waals surface area contributed by atoms with Gasteiger partial charge in [-0.05, 0) is 56.5 Å². The lowest BCUT2D eigenvalue weighted by molar-refractivity contribution is -0.161. The largest absolute Gasteiger partial charge is 0.480 e. The maximum Gasteiger partial charge on any atom is 0.328 e. The Labute approximate surface area is 201 Å². The number of carboxylic acids is 1. The summed E-state index contributed by atoms with van der Waals surface area (Å²) in [6.07, 6.45) is 0. The van der Waals surface area contributed by atoms with Crippen LogP contribution < -0.4 is 10.1 Å². The van der Waals surface area contributed by atoms with Crippen LogP contribution in [-0.2, 0) is 19.2 Å². The molecule has 2 aromatic carbocycles. The Morgan fingerprint density at radius 2 is 1.76 bits per heavy atom. The highest BCUT2D eigenvalue weighted by Crippen LogP contribution is 2.50. The second-order valence-electron chi connectivity index (χ2n) is 9.10. The average molecular weight is 483 g/mol. The summed E-state index contributed by atoms with van der Waals surface area (Å²) in [4.78, 5) is 52.2. The minimum absolute atomic E-state index is 0.324. The standard InChI is InChI=1S/C25H26N2O6S/c1-13-10-11-16(12-14(13)2)33-24(32)17(15-8-6-5-7-9-15)20(28)26-18-21(29)27-19(23(30)31)25(3,4)34-22(18)27/h5-12,17-19,22H,1-4H3,(H,26,28)(H,30,31)/t17?,18?,19?,22-/m0/s1. The zero-order valence-corrected chi connectivity index (χ0v) is 20.1. The van der Waals surface area contributed by atoms with Gasteiger partial charge in [0.1, 0.15) is 23.2 Å². The third kappa shape index (κ3) is 4.16. The Bertz CT molecular complexity index is 1170. The summed E-state index contributed by atoms with van der Waals surface area (Å²) < 4.78 is 4.82. The maximum atomic E-state index is 13.3. The van der Waals surface area contributed by atoms with Crippen molar-refractivity contribution in [3.05, 3.63) is 65.2 Å². The van der Waals surface area contributed by atoms with Crippen molar-refractivity contribution >= 4 is 35.5 Å². The molecule has 0 aliphatic carbocycles. The van der Waals surface area contributed by atoms with Gasteiger partial charge in [-0.2, -0.15) is 0 Å². The zero-order valence-electron chi connectivity index (χ0n) is 19.3. The van der Waals surface area contributed by atoms with E-state index in [-0.39, 0.29) is 0 Å². The van der Waals surface area contributed by atoms with Crippen molar-refractivity contribution in [1.82, 2.24) is 10.2 Å². The molecule has 2 heterocycles. The van der Waals surface area contributed by atoms with Gasteiger partial charge in [0.25, 0.3) is 0 Å². The van der Waals surface area contributed by atoms with E-state index in [0.717, 1.165) is 11.1 Å². The third-order valence-electron chi connectivity index (χ3n) is 6.30. The van der Waals surface area contributed by atoms with Gasteiger partial charge in [-0.15, -0.1) is 11.8 Å². The number of nitrogens with zero attached hydrogens (tertiary/aromatic N) is 1. The number of hydrogen-bond acceptors (Lipinski definition) is 6. The molecule has 2 aliphatic heterocycles. The molecule has 4 atom stereocenters. The Morgan fingerprint density at radius 3 is 2.38 bits per heavy atom. The second-order valence-corrected chi connectivity index (χ2v) is 10.9. The zero-order chi connectivity index (χ0) is 24.8. The first-order valence-corrected chi connectivity index (χ1v) is 11.8. The highest BCUT2D eigenvalue weighted by Gasteiger charge is 2.64. The number of fused-ring (bicyclic) bond motifs is 1. The first-order chi connectivity index (χ1) is 16.0. The summed E-state index contributed by atoms with van der Waals surface area (Å²) in [5.41, 5.74) is 2.42. The smallest absolute Gasteiger partial charge is 0.328 e. The molecule has 8 nitrogen and oxygen atoms in total. The van der Waals surface area contributed by atoms with Crippen LogP contribution in [0.5, 0.6) is 5.75 Å². The van der Waals surface area contributed by atoms with Crippen molar-refractivity contribution in [2.24, 2.45) is 0 Å². The van der Waals surface area contributed by atoms with E-state index in [1.54, 1.807) is 56.3 Å². The van der Waals surface area contributed by atoms with Gasteiger partial charge < -0.3 is 20.1 Å². The van der Waals surface area contributed by atoms with Crippen LogP contribution in [0.15, 0.2) is 48.5 Å². The highest BCUT2D eigenvalue weighted by atomic mass is 32.2. The minimum Gasteiger partial charge on any atom is -0.480 e. The van der Waals surface area contributed by atoms with Crippen LogP contribution in [0, 0.1) is 13.8 Å². The molecule has 0 saturated carbocycles. The van der Waals surface area contributed by atoms with E-state index >= 15 is 0 Å². The van der Waals surface area contributed by atoms with E-state index in [4.69, 9.17) is 4.74 Å². The Balaban J connectivity index is 1.55. The molecule has 4 rings (SSSR count). The molecule has 178 valence electrons. The SMILES string of the molecule is Cc1ccc(OC(=O)C(C(=O)NC2C(=O)N3C(C(=O)O)C(C)(C)S[C@@H]23)c2ccccc2)cc1C. The molecule has 2 fully saturated rings. The Hall–Kier alpha value is -3.33. The van der Waals surface area contributed by atoms with Crippen molar-refractivity contribution in [1.29, 1.82) is 0 Å². The third-order valence-corrected chi connectivity index (χ3v) is 7.87. The van der Waals surface area contributed by atoms with Gasteiger partial charge in [0, 0.05) is 4.75 Å². The van der Waals surface area contributed by atoms with Gasteiger partial charge in [0.15, 0.2) is 5.92 Å². The summed E-state index contributed by atoms with van der Waals surface area (Å²) in [7, 11) is 0. The summed E-state index contributed by atoms with van der Waals surface area (Å²) in [5, 5.41) is 11.7. The molecule has 2 saturated heterocycles. The summed E-state index contributed by atoms with van der Waals surface area (Å²) in [5.74, 6) is -3.96.